The zero-order valence-electron chi connectivity index (χ0n) is 17.9. The van der Waals surface area contributed by atoms with Crippen LogP contribution in [-0.2, 0) is 17.8 Å². The molecule has 0 fully saturated rings. The van der Waals surface area contributed by atoms with Crippen molar-refractivity contribution in [3.05, 3.63) is 59.7 Å². The number of rotatable bonds is 9. The molecule has 2 amide bonds. The molecule has 166 valence electrons. The zero-order valence-corrected chi connectivity index (χ0v) is 17.9. The number of aliphatic carboxylic acids is 1. The summed E-state index contributed by atoms with van der Waals surface area (Å²) in [4.78, 5) is 23.5. The van der Waals surface area contributed by atoms with Crippen molar-refractivity contribution in [2.45, 2.75) is 45.4 Å². The van der Waals surface area contributed by atoms with Gasteiger partial charge in [0.05, 0.1) is 0 Å². The first-order valence-corrected chi connectivity index (χ1v) is 9.77. The van der Waals surface area contributed by atoms with Crippen LogP contribution < -0.4 is 26.5 Å². The Hall–Kier alpha value is -3.75. The third-order valence-corrected chi connectivity index (χ3v) is 4.09. The first-order chi connectivity index (χ1) is 14.7. The fourth-order valence-electron chi connectivity index (χ4n) is 2.72. The normalized spacial score (nSPS) is 12.2. The molecule has 0 bridgehead atoms. The molecule has 0 aromatic heterocycles. The van der Waals surface area contributed by atoms with E-state index < -0.39 is 23.6 Å². The van der Waals surface area contributed by atoms with Gasteiger partial charge in [-0.15, -0.1) is 0 Å². The summed E-state index contributed by atoms with van der Waals surface area (Å²) in [5.41, 5.74) is 2.11. The van der Waals surface area contributed by atoms with Gasteiger partial charge in [-0.2, -0.15) is 5.10 Å². The third-order valence-electron chi connectivity index (χ3n) is 4.09. The van der Waals surface area contributed by atoms with E-state index in [4.69, 9.17) is 10.6 Å². The number of nitrogens with one attached hydrogen (secondary N) is 3. The van der Waals surface area contributed by atoms with E-state index in [-0.39, 0.29) is 6.42 Å². The van der Waals surface area contributed by atoms with Crippen LogP contribution in [0.2, 0.25) is 0 Å². The quantitative estimate of drug-likeness (QED) is 0.180. The van der Waals surface area contributed by atoms with Gasteiger partial charge >= 0.3 is 12.0 Å². The number of carboxylic acids is 1. The van der Waals surface area contributed by atoms with Crippen LogP contribution in [0.15, 0.2) is 53.6 Å². The first-order valence-electron chi connectivity index (χ1n) is 9.77. The van der Waals surface area contributed by atoms with Gasteiger partial charge in [0.25, 0.3) is 0 Å². The summed E-state index contributed by atoms with van der Waals surface area (Å²) in [5.74, 6) is 4.63. The van der Waals surface area contributed by atoms with E-state index in [1.165, 1.54) is 6.34 Å². The Balaban J connectivity index is 1.93. The highest BCUT2D eigenvalue weighted by atomic mass is 16.5. The molecule has 0 aliphatic carbocycles. The van der Waals surface area contributed by atoms with Gasteiger partial charge < -0.3 is 31.6 Å². The summed E-state index contributed by atoms with van der Waals surface area (Å²) >= 11 is 0. The highest BCUT2D eigenvalue weighted by Gasteiger charge is 2.22. The zero-order chi connectivity index (χ0) is 22.9. The Morgan fingerprint density at radius 1 is 1.16 bits per heavy atom. The van der Waals surface area contributed by atoms with Gasteiger partial charge in [-0.25, -0.2) is 9.59 Å². The second-order valence-electron chi connectivity index (χ2n) is 8.00. The van der Waals surface area contributed by atoms with Gasteiger partial charge in [-0.3, -0.25) is 0 Å². The second-order valence-corrected chi connectivity index (χ2v) is 8.00. The monoisotopic (exact) mass is 427 g/mol. The molecule has 31 heavy (non-hydrogen) atoms. The summed E-state index contributed by atoms with van der Waals surface area (Å²) in [6.07, 6.45) is 1.55. The lowest BCUT2D eigenvalue weighted by atomic mass is 10.1. The maximum Gasteiger partial charge on any atom is 0.326 e. The van der Waals surface area contributed by atoms with Crippen LogP contribution in [0, 0.1) is 0 Å². The molecule has 0 saturated heterocycles. The summed E-state index contributed by atoms with van der Waals surface area (Å²) < 4.78 is 5.80. The average Bonchev–Trinajstić information content (AvgIpc) is 2.70. The van der Waals surface area contributed by atoms with Gasteiger partial charge in [0.1, 0.15) is 24.7 Å². The average molecular weight is 428 g/mol. The van der Waals surface area contributed by atoms with Crippen molar-refractivity contribution in [1.82, 2.24) is 10.6 Å². The summed E-state index contributed by atoms with van der Waals surface area (Å²) in [6, 6.07) is 13.2. The molecule has 0 heterocycles. The Bertz CT molecular complexity index is 907. The number of carbonyl (C=O) groups excluding carboxylic acids is 1. The predicted octanol–water partition coefficient (Wildman–Crippen LogP) is 2.67. The van der Waals surface area contributed by atoms with Crippen LogP contribution in [0.3, 0.4) is 0 Å². The fraction of sp³-hybridized carbons (Fsp3) is 0.318. The Labute approximate surface area is 181 Å². The second kappa shape index (κ2) is 10.9. The minimum absolute atomic E-state index is 0.156. The highest BCUT2D eigenvalue weighted by Crippen LogP contribution is 2.17. The number of amides is 2. The van der Waals surface area contributed by atoms with E-state index in [9.17, 15) is 14.7 Å². The van der Waals surface area contributed by atoms with E-state index in [1.807, 2.05) is 45.0 Å². The number of carboxylic acid groups (broad SMARTS) is 1. The predicted molar refractivity (Wildman–Crippen MR) is 120 cm³/mol. The Kier molecular flexibility index (Phi) is 8.25. The van der Waals surface area contributed by atoms with Crippen molar-refractivity contribution >= 4 is 24.0 Å². The van der Waals surface area contributed by atoms with Crippen LogP contribution in [0.25, 0.3) is 0 Å². The molecule has 0 aliphatic heterocycles. The van der Waals surface area contributed by atoms with Crippen molar-refractivity contribution < 1.29 is 19.4 Å². The number of nitrogens with two attached hydrogens (primary N) is 1. The number of benzene rings is 2. The molecule has 0 radical (unpaired) electrons. The van der Waals surface area contributed by atoms with Crippen LogP contribution in [0.1, 0.15) is 31.9 Å². The van der Waals surface area contributed by atoms with Crippen molar-refractivity contribution in [2.75, 3.05) is 5.32 Å². The third kappa shape index (κ3) is 8.65. The molecule has 2 aromatic rings. The van der Waals surface area contributed by atoms with E-state index in [2.05, 4.69) is 21.1 Å². The highest BCUT2D eigenvalue weighted by molar-refractivity contribution is 5.83. The number of urea groups is 1. The molecule has 1 atom stereocenters. The van der Waals surface area contributed by atoms with E-state index in [1.54, 1.807) is 24.3 Å². The van der Waals surface area contributed by atoms with Crippen molar-refractivity contribution in [3.8, 4) is 5.75 Å². The molecule has 2 aromatic carbocycles. The molecule has 0 aliphatic rings. The number of hydrogen-bond donors (Lipinski definition) is 5. The molecule has 0 spiro atoms. The van der Waals surface area contributed by atoms with Gasteiger partial charge in [0.15, 0.2) is 0 Å². The van der Waals surface area contributed by atoms with Crippen LogP contribution >= 0.6 is 0 Å². The number of anilines is 1. The Morgan fingerprint density at radius 2 is 1.87 bits per heavy atom. The van der Waals surface area contributed by atoms with E-state index in [0.29, 0.717) is 12.4 Å². The smallest absolute Gasteiger partial charge is 0.326 e. The topological polar surface area (TPSA) is 138 Å². The summed E-state index contributed by atoms with van der Waals surface area (Å²) in [5, 5.41) is 21.0. The SMILES string of the molecule is CC(C)(C)NC(=O)N[C@@H](Cc1ccc(OCc2cccc(NC=NN)c2)cc1)C(=O)O. The van der Waals surface area contributed by atoms with Gasteiger partial charge in [-0.05, 0) is 56.2 Å². The summed E-state index contributed by atoms with van der Waals surface area (Å²) in [7, 11) is 0. The number of hydrazone groups is 1. The van der Waals surface area contributed by atoms with Crippen LogP contribution in [-0.4, -0.2) is 35.0 Å². The van der Waals surface area contributed by atoms with Crippen molar-refractivity contribution in [1.29, 1.82) is 0 Å². The number of hydrogen-bond acceptors (Lipinski definition) is 5. The molecule has 6 N–H and O–H groups in total. The fourth-order valence-corrected chi connectivity index (χ4v) is 2.72. The van der Waals surface area contributed by atoms with Gasteiger partial charge in [-0.1, -0.05) is 24.3 Å². The number of nitrogens with zero attached hydrogens (tertiary/aromatic N) is 1. The lowest BCUT2D eigenvalue weighted by Gasteiger charge is -2.23. The first kappa shape index (κ1) is 23.5. The minimum Gasteiger partial charge on any atom is -0.489 e. The number of carbonyl (C=O) groups is 2. The van der Waals surface area contributed by atoms with E-state index in [0.717, 1.165) is 16.8 Å². The van der Waals surface area contributed by atoms with Gasteiger partial charge in [0, 0.05) is 17.6 Å². The molecule has 0 saturated carbocycles. The number of ether oxygens (including phenoxy) is 1. The van der Waals surface area contributed by atoms with Crippen LogP contribution in [0.4, 0.5) is 10.5 Å². The molecular weight excluding hydrogens is 398 g/mol. The summed E-state index contributed by atoms with van der Waals surface area (Å²) in [6.45, 7) is 5.83. The lowest BCUT2D eigenvalue weighted by molar-refractivity contribution is -0.139. The maximum absolute atomic E-state index is 12.0. The molecule has 9 heteroatoms. The lowest BCUT2D eigenvalue weighted by Crippen LogP contribution is -2.52. The minimum atomic E-state index is -1.10. The molecule has 9 nitrogen and oxygen atoms in total. The molecule has 2 rings (SSSR count). The molecule has 0 unspecified atom stereocenters. The molecular formula is C22H29N5O4. The van der Waals surface area contributed by atoms with Crippen molar-refractivity contribution in [2.24, 2.45) is 10.9 Å². The van der Waals surface area contributed by atoms with Crippen LogP contribution in [0.5, 0.6) is 5.75 Å². The standard InChI is InChI=1S/C22H29N5O4/c1-22(2,3)27-21(30)26-19(20(28)29)12-15-7-9-18(10-8-15)31-13-16-5-4-6-17(11-16)24-14-25-23/h4-11,14,19H,12-13,23H2,1-3H3,(H,24,25)(H,28,29)(H2,26,27,30)/t19-/m0/s1. The Morgan fingerprint density at radius 3 is 2.48 bits per heavy atom. The van der Waals surface area contributed by atoms with Gasteiger partial charge in [0.2, 0.25) is 0 Å². The maximum atomic E-state index is 12.0. The largest absolute Gasteiger partial charge is 0.489 e. The van der Waals surface area contributed by atoms with Crippen molar-refractivity contribution in [3.63, 3.8) is 0 Å². The van der Waals surface area contributed by atoms with E-state index >= 15 is 0 Å².